The van der Waals surface area contributed by atoms with Gasteiger partial charge in [0.2, 0.25) is 0 Å². The quantitative estimate of drug-likeness (QED) is 0.623. The number of aromatic nitrogens is 2. The van der Waals surface area contributed by atoms with E-state index in [0.717, 1.165) is 26.2 Å². The first kappa shape index (κ1) is 19.0. The molecule has 3 heterocycles. The summed E-state index contributed by atoms with van der Waals surface area (Å²) in [7, 11) is 0. The summed E-state index contributed by atoms with van der Waals surface area (Å²) in [5, 5.41) is 7.98. The lowest BCUT2D eigenvalue weighted by molar-refractivity contribution is 0.561. The number of hydrogen-bond donors (Lipinski definition) is 1. The van der Waals surface area contributed by atoms with Crippen LogP contribution in [0.5, 0.6) is 0 Å². The Morgan fingerprint density at radius 3 is 2.36 bits per heavy atom. The summed E-state index contributed by atoms with van der Waals surface area (Å²) in [6.07, 6.45) is 9.13. The Morgan fingerprint density at radius 1 is 0.964 bits per heavy atom. The molecule has 0 aliphatic carbocycles. The second kappa shape index (κ2) is 8.78. The van der Waals surface area contributed by atoms with Gasteiger partial charge in [-0.05, 0) is 42.0 Å². The molecule has 28 heavy (non-hydrogen) atoms. The molecular weight excluding hydrogens is 344 g/mol. The summed E-state index contributed by atoms with van der Waals surface area (Å²) in [4.78, 5) is 2.46. The number of piperazine rings is 1. The Hall–Kier alpha value is -2.33. The fraction of sp³-hybridized carbons (Fsp3) is 0.458. The fourth-order valence-corrected chi connectivity index (χ4v) is 4.45. The van der Waals surface area contributed by atoms with E-state index in [1.165, 1.54) is 53.6 Å². The summed E-state index contributed by atoms with van der Waals surface area (Å²) in [6.45, 7) is 8.75. The molecule has 1 fully saturated rings. The third kappa shape index (κ3) is 3.93. The Labute approximate surface area is 168 Å². The Balaban J connectivity index is 1.62. The summed E-state index contributed by atoms with van der Waals surface area (Å²) in [5.74, 6) is 0.693. The molecule has 148 valence electrons. The first-order chi connectivity index (χ1) is 13.8. The van der Waals surface area contributed by atoms with E-state index in [4.69, 9.17) is 0 Å². The lowest BCUT2D eigenvalue weighted by atomic mass is 9.89. The molecule has 1 saturated heterocycles. The lowest BCUT2D eigenvalue weighted by Crippen LogP contribution is -2.43. The van der Waals surface area contributed by atoms with Crippen molar-refractivity contribution in [2.24, 2.45) is 0 Å². The van der Waals surface area contributed by atoms with Crippen molar-refractivity contribution >= 4 is 11.2 Å². The minimum atomic E-state index is 0.693. The average molecular weight is 377 g/mol. The third-order valence-electron chi connectivity index (χ3n) is 5.93. The molecule has 2 aromatic heterocycles. The highest BCUT2D eigenvalue weighted by Crippen LogP contribution is 2.31. The van der Waals surface area contributed by atoms with Gasteiger partial charge in [-0.3, -0.25) is 0 Å². The lowest BCUT2D eigenvalue weighted by Gasteiger charge is -2.29. The number of fused-ring (bicyclic) bond motifs is 1. The van der Waals surface area contributed by atoms with E-state index in [1.807, 2.05) is 10.7 Å². The van der Waals surface area contributed by atoms with Crippen LogP contribution >= 0.6 is 0 Å². The molecule has 3 aromatic rings. The first-order valence-corrected chi connectivity index (χ1v) is 10.8. The zero-order chi connectivity index (χ0) is 19.3. The highest BCUT2D eigenvalue weighted by Gasteiger charge is 2.15. The van der Waals surface area contributed by atoms with E-state index in [-0.39, 0.29) is 0 Å². The van der Waals surface area contributed by atoms with Gasteiger partial charge in [0, 0.05) is 44.1 Å². The zero-order valence-corrected chi connectivity index (χ0v) is 17.2. The number of hydrogen-bond acceptors (Lipinski definition) is 3. The number of nitrogens with zero attached hydrogens (tertiary/aromatic N) is 3. The van der Waals surface area contributed by atoms with Crippen molar-refractivity contribution in [2.45, 2.75) is 45.4 Å². The van der Waals surface area contributed by atoms with Crippen LogP contribution in [-0.4, -0.2) is 35.8 Å². The fourth-order valence-electron chi connectivity index (χ4n) is 4.45. The van der Waals surface area contributed by atoms with Crippen LogP contribution < -0.4 is 10.2 Å². The Kier molecular flexibility index (Phi) is 5.96. The topological polar surface area (TPSA) is 32.6 Å². The molecule has 4 nitrogen and oxygen atoms in total. The molecule has 1 aromatic carbocycles. The molecule has 1 N–H and O–H groups in total. The van der Waals surface area contributed by atoms with Crippen LogP contribution in [0.25, 0.3) is 16.6 Å². The molecule has 0 unspecified atom stereocenters. The van der Waals surface area contributed by atoms with Gasteiger partial charge in [0.15, 0.2) is 0 Å². The molecule has 4 heteroatoms. The highest BCUT2D eigenvalue weighted by atomic mass is 15.2. The summed E-state index contributed by atoms with van der Waals surface area (Å²) >= 11 is 0. The third-order valence-corrected chi connectivity index (χ3v) is 5.93. The van der Waals surface area contributed by atoms with Crippen molar-refractivity contribution in [3.63, 3.8) is 0 Å². The van der Waals surface area contributed by atoms with Crippen LogP contribution in [0, 0.1) is 0 Å². The first-order valence-electron chi connectivity index (χ1n) is 10.8. The molecule has 0 atom stereocenters. The average Bonchev–Trinajstić information content (AvgIpc) is 3.19. The predicted molar refractivity (Wildman–Crippen MR) is 118 cm³/mol. The van der Waals surface area contributed by atoms with Crippen LogP contribution in [0.1, 0.15) is 51.0 Å². The van der Waals surface area contributed by atoms with Crippen LogP contribution in [0.4, 0.5) is 5.69 Å². The number of anilines is 1. The maximum Gasteiger partial charge on any atom is 0.0886 e. The van der Waals surface area contributed by atoms with Crippen LogP contribution in [0.3, 0.4) is 0 Å². The van der Waals surface area contributed by atoms with Gasteiger partial charge in [0.1, 0.15) is 0 Å². The van der Waals surface area contributed by atoms with E-state index in [0.29, 0.717) is 5.92 Å². The van der Waals surface area contributed by atoms with Crippen molar-refractivity contribution in [3.8, 4) is 11.1 Å². The van der Waals surface area contributed by atoms with Crippen LogP contribution in [0.15, 0.2) is 48.8 Å². The molecule has 1 aliphatic rings. The molecule has 0 spiro atoms. The summed E-state index contributed by atoms with van der Waals surface area (Å²) in [5.41, 5.74) is 6.47. The smallest absolute Gasteiger partial charge is 0.0886 e. The highest BCUT2D eigenvalue weighted by molar-refractivity contribution is 5.80. The second-order valence-electron chi connectivity index (χ2n) is 7.91. The molecular formula is C24H32N4. The van der Waals surface area contributed by atoms with Gasteiger partial charge in [-0.25, -0.2) is 4.52 Å². The van der Waals surface area contributed by atoms with Crippen molar-refractivity contribution in [3.05, 3.63) is 54.4 Å². The molecule has 0 bridgehead atoms. The van der Waals surface area contributed by atoms with Gasteiger partial charge in [0.05, 0.1) is 11.2 Å². The normalized spacial score (nSPS) is 14.9. The van der Waals surface area contributed by atoms with E-state index in [1.54, 1.807) is 0 Å². The zero-order valence-electron chi connectivity index (χ0n) is 17.2. The van der Waals surface area contributed by atoms with Gasteiger partial charge < -0.3 is 10.2 Å². The van der Waals surface area contributed by atoms with E-state index in [9.17, 15) is 0 Å². The van der Waals surface area contributed by atoms with E-state index >= 15 is 0 Å². The van der Waals surface area contributed by atoms with Crippen molar-refractivity contribution in [1.82, 2.24) is 14.9 Å². The maximum absolute atomic E-state index is 4.55. The largest absolute Gasteiger partial charge is 0.367 e. The molecule has 4 rings (SSSR count). The van der Waals surface area contributed by atoms with Gasteiger partial charge in [-0.15, -0.1) is 0 Å². The molecule has 0 amide bonds. The Bertz CT molecular complexity index is 885. The predicted octanol–water partition coefficient (Wildman–Crippen LogP) is 5.09. The number of benzene rings is 1. The molecule has 0 radical (unpaired) electrons. The van der Waals surface area contributed by atoms with E-state index in [2.05, 4.69) is 71.8 Å². The standard InChI is InChI=1S/C24H32N4/c1-3-5-19(6-4-2)20-7-9-21(10-8-20)22-17-24-23(11-12-26-28(24)18-22)27-15-13-25-14-16-27/h7-12,17-19,25H,3-6,13-16H2,1-2H3. The van der Waals surface area contributed by atoms with Gasteiger partial charge in [0.25, 0.3) is 0 Å². The van der Waals surface area contributed by atoms with Crippen LogP contribution in [-0.2, 0) is 0 Å². The van der Waals surface area contributed by atoms with Gasteiger partial charge in [-0.2, -0.15) is 5.10 Å². The molecule has 0 saturated carbocycles. The maximum atomic E-state index is 4.55. The van der Waals surface area contributed by atoms with Crippen molar-refractivity contribution < 1.29 is 0 Å². The SMILES string of the molecule is CCCC(CCC)c1ccc(-c2cc3c(N4CCNCC4)ccnn3c2)cc1. The number of rotatable bonds is 7. The van der Waals surface area contributed by atoms with Gasteiger partial charge >= 0.3 is 0 Å². The second-order valence-corrected chi connectivity index (χ2v) is 7.91. The minimum Gasteiger partial charge on any atom is -0.367 e. The van der Waals surface area contributed by atoms with E-state index < -0.39 is 0 Å². The molecule has 1 aliphatic heterocycles. The van der Waals surface area contributed by atoms with Gasteiger partial charge in [-0.1, -0.05) is 51.0 Å². The van der Waals surface area contributed by atoms with Crippen molar-refractivity contribution in [1.29, 1.82) is 0 Å². The number of nitrogens with one attached hydrogen (secondary N) is 1. The Morgan fingerprint density at radius 2 is 1.68 bits per heavy atom. The minimum absolute atomic E-state index is 0.693. The van der Waals surface area contributed by atoms with Crippen LogP contribution in [0.2, 0.25) is 0 Å². The van der Waals surface area contributed by atoms with Crippen molar-refractivity contribution in [2.75, 3.05) is 31.1 Å². The summed E-state index contributed by atoms with van der Waals surface area (Å²) < 4.78 is 2.03. The summed E-state index contributed by atoms with van der Waals surface area (Å²) in [6, 6.07) is 13.7. The monoisotopic (exact) mass is 376 g/mol.